The van der Waals surface area contributed by atoms with Gasteiger partial charge in [0.2, 0.25) is 0 Å². The van der Waals surface area contributed by atoms with E-state index in [9.17, 15) is 4.79 Å². The SMILES string of the molecule is C=C1N(C(C)C)C(=O)N(C)C1(C)C. The van der Waals surface area contributed by atoms with E-state index in [1.54, 1.807) is 9.80 Å². The molecular weight excluding hydrogens is 164 g/mol. The summed E-state index contributed by atoms with van der Waals surface area (Å²) in [6, 6.07) is 0.231. The Morgan fingerprint density at radius 3 is 2.00 bits per heavy atom. The van der Waals surface area contributed by atoms with Crippen LogP contribution in [0.5, 0.6) is 0 Å². The van der Waals surface area contributed by atoms with Crippen molar-refractivity contribution in [1.82, 2.24) is 9.80 Å². The monoisotopic (exact) mass is 182 g/mol. The van der Waals surface area contributed by atoms with Gasteiger partial charge < -0.3 is 4.90 Å². The zero-order valence-electron chi connectivity index (χ0n) is 9.09. The highest BCUT2D eigenvalue weighted by Crippen LogP contribution is 2.34. The number of amides is 2. The second-order valence-electron chi connectivity index (χ2n) is 4.31. The van der Waals surface area contributed by atoms with Gasteiger partial charge in [0.1, 0.15) is 0 Å². The van der Waals surface area contributed by atoms with Crippen molar-refractivity contribution >= 4 is 6.03 Å². The van der Waals surface area contributed by atoms with Crippen molar-refractivity contribution in [3.8, 4) is 0 Å². The molecule has 3 nitrogen and oxygen atoms in total. The van der Waals surface area contributed by atoms with Gasteiger partial charge in [0.15, 0.2) is 0 Å². The summed E-state index contributed by atoms with van der Waals surface area (Å²) in [6.07, 6.45) is 0. The molecule has 0 aromatic heterocycles. The molecule has 74 valence electrons. The zero-order chi connectivity index (χ0) is 10.4. The first-order chi connectivity index (χ1) is 5.80. The summed E-state index contributed by atoms with van der Waals surface area (Å²) >= 11 is 0. The Morgan fingerprint density at radius 1 is 1.38 bits per heavy atom. The molecule has 0 saturated carbocycles. The molecule has 0 unspecified atom stereocenters. The number of nitrogens with zero attached hydrogens (tertiary/aromatic N) is 2. The van der Waals surface area contributed by atoms with E-state index < -0.39 is 0 Å². The molecule has 1 rings (SSSR count). The van der Waals surface area contributed by atoms with Gasteiger partial charge in [0.05, 0.1) is 5.54 Å². The number of rotatable bonds is 1. The van der Waals surface area contributed by atoms with Gasteiger partial charge >= 0.3 is 6.03 Å². The van der Waals surface area contributed by atoms with Gasteiger partial charge in [-0.1, -0.05) is 6.58 Å². The fourth-order valence-corrected chi connectivity index (χ4v) is 1.54. The Morgan fingerprint density at radius 2 is 1.85 bits per heavy atom. The highest BCUT2D eigenvalue weighted by molar-refractivity contribution is 5.81. The van der Waals surface area contributed by atoms with Crippen LogP contribution in [0.2, 0.25) is 0 Å². The largest absolute Gasteiger partial charge is 0.325 e. The van der Waals surface area contributed by atoms with Crippen LogP contribution in [0.4, 0.5) is 4.79 Å². The smallest absolute Gasteiger partial charge is 0.317 e. The Hall–Kier alpha value is -0.990. The molecule has 0 aliphatic carbocycles. The zero-order valence-corrected chi connectivity index (χ0v) is 9.09. The van der Waals surface area contributed by atoms with Crippen molar-refractivity contribution in [2.45, 2.75) is 39.3 Å². The summed E-state index contributed by atoms with van der Waals surface area (Å²) in [4.78, 5) is 15.2. The van der Waals surface area contributed by atoms with E-state index in [4.69, 9.17) is 0 Å². The molecule has 1 fully saturated rings. The first-order valence-corrected chi connectivity index (χ1v) is 4.56. The summed E-state index contributed by atoms with van der Waals surface area (Å²) in [7, 11) is 1.82. The summed E-state index contributed by atoms with van der Waals surface area (Å²) in [5.41, 5.74) is 0.636. The third-order valence-electron chi connectivity index (χ3n) is 2.84. The molecular formula is C10H18N2O. The lowest BCUT2D eigenvalue weighted by Gasteiger charge is -2.26. The lowest BCUT2D eigenvalue weighted by atomic mass is 10.0. The Balaban J connectivity index is 3.06. The van der Waals surface area contributed by atoms with Crippen LogP contribution >= 0.6 is 0 Å². The van der Waals surface area contributed by atoms with Gasteiger partial charge in [0.25, 0.3) is 0 Å². The Kier molecular flexibility index (Phi) is 2.14. The highest BCUT2D eigenvalue weighted by Gasteiger charge is 2.45. The second kappa shape index (κ2) is 2.76. The minimum atomic E-state index is -0.249. The molecule has 0 radical (unpaired) electrons. The van der Waals surface area contributed by atoms with E-state index in [-0.39, 0.29) is 17.6 Å². The van der Waals surface area contributed by atoms with E-state index in [0.29, 0.717) is 0 Å². The molecule has 13 heavy (non-hydrogen) atoms. The first kappa shape index (κ1) is 10.1. The Labute approximate surface area is 80.0 Å². The van der Waals surface area contributed by atoms with Crippen LogP contribution in [0.3, 0.4) is 0 Å². The topological polar surface area (TPSA) is 23.6 Å². The molecule has 0 atom stereocenters. The van der Waals surface area contributed by atoms with Crippen molar-refractivity contribution in [2.24, 2.45) is 0 Å². The maximum atomic E-state index is 11.8. The molecule has 0 spiro atoms. The average molecular weight is 182 g/mol. The lowest BCUT2D eigenvalue weighted by molar-refractivity contribution is 0.182. The van der Waals surface area contributed by atoms with Gasteiger partial charge in [-0.3, -0.25) is 4.90 Å². The van der Waals surface area contributed by atoms with Crippen LogP contribution in [0.15, 0.2) is 12.3 Å². The number of hydrogen-bond acceptors (Lipinski definition) is 1. The molecule has 0 N–H and O–H groups in total. The summed E-state index contributed by atoms with van der Waals surface area (Å²) in [6.45, 7) is 12.0. The molecule has 0 aromatic carbocycles. The first-order valence-electron chi connectivity index (χ1n) is 4.56. The van der Waals surface area contributed by atoms with Gasteiger partial charge in [-0.25, -0.2) is 4.79 Å². The number of urea groups is 1. The van der Waals surface area contributed by atoms with E-state index in [1.165, 1.54) is 0 Å². The Bertz CT molecular complexity index is 256. The maximum absolute atomic E-state index is 11.8. The molecule has 3 heteroatoms. The van der Waals surface area contributed by atoms with Crippen LogP contribution in [0.1, 0.15) is 27.7 Å². The van der Waals surface area contributed by atoms with Crippen LogP contribution in [-0.4, -0.2) is 34.5 Å². The predicted molar refractivity (Wildman–Crippen MR) is 53.4 cm³/mol. The van der Waals surface area contributed by atoms with Crippen LogP contribution < -0.4 is 0 Å². The summed E-state index contributed by atoms with van der Waals surface area (Å²) < 4.78 is 0. The van der Waals surface area contributed by atoms with Crippen molar-refractivity contribution < 1.29 is 4.79 Å². The van der Waals surface area contributed by atoms with E-state index in [1.807, 2.05) is 34.7 Å². The molecule has 0 aromatic rings. The summed E-state index contributed by atoms with van der Waals surface area (Å²) in [5.74, 6) is 0. The molecule has 1 aliphatic heterocycles. The van der Waals surface area contributed by atoms with Gasteiger partial charge in [-0.2, -0.15) is 0 Å². The fraction of sp³-hybridized carbons (Fsp3) is 0.700. The van der Waals surface area contributed by atoms with Crippen molar-refractivity contribution in [3.63, 3.8) is 0 Å². The molecule has 1 aliphatic rings. The number of carbonyl (C=O) groups excluding carboxylic acids is 1. The maximum Gasteiger partial charge on any atom is 0.325 e. The third-order valence-corrected chi connectivity index (χ3v) is 2.84. The van der Waals surface area contributed by atoms with Gasteiger partial charge in [-0.15, -0.1) is 0 Å². The van der Waals surface area contributed by atoms with Gasteiger partial charge in [0, 0.05) is 18.8 Å². The molecule has 2 amide bonds. The predicted octanol–water partition coefficient (Wildman–Crippen LogP) is 2.05. The standard InChI is InChI=1S/C10H18N2O/c1-7(2)12-8(3)10(4,5)11(6)9(12)13/h7H,3H2,1-2,4-6H3. The summed E-state index contributed by atoms with van der Waals surface area (Å²) in [5, 5.41) is 0. The highest BCUT2D eigenvalue weighted by atomic mass is 16.2. The van der Waals surface area contributed by atoms with E-state index in [2.05, 4.69) is 6.58 Å². The van der Waals surface area contributed by atoms with Crippen LogP contribution in [-0.2, 0) is 0 Å². The minimum Gasteiger partial charge on any atom is -0.317 e. The second-order valence-corrected chi connectivity index (χ2v) is 4.31. The van der Waals surface area contributed by atoms with E-state index in [0.717, 1.165) is 5.70 Å². The van der Waals surface area contributed by atoms with E-state index >= 15 is 0 Å². The molecule has 0 bridgehead atoms. The van der Waals surface area contributed by atoms with Gasteiger partial charge in [-0.05, 0) is 27.7 Å². The third kappa shape index (κ3) is 1.23. The van der Waals surface area contributed by atoms with Crippen molar-refractivity contribution in [3.05, 3.63) is 12.3 Å². The number of carbonyl (C=O) groups is 1. The molecule has 1 heterocycles. The fourth-order valence-electron chi connectivity index (χ4n) is 1.54. The minimum absolute atomic E-state index is 0.0463. The average Bonchev–Trinajstić information content (AvgIpc) is 2.14. The van der Waals surface area contributed by atoms with Crippen LogP contribution in [0, 0.1) is 0 Å². The number of hydrogen-bond donors (Lipinski definition) is 0. The lowest BCUT2D eigenvalue weighted by Crippen LogP contribution is -2.38. The normalized spacial score (nSPS) is 22.0. The van der Waals surface area contributed by atoms with Crippen molar-refractivity contribution in [1.29, 1.82) is 0 Å². The quantitative estimate of drug-likeness (QED) is 0.609. The number of likely N-dealkylation sites (N-methyl/N-ethyl adjacent to an activating group) is 1. The van der Waals surface area contributed by atoms with Crippen LogP contribution in [0.25, 0.3) is 0 Å². The molecule has 1 saturated heterocycles. The van der Waals surface area contributed by atoms with Crippen molar-refractivity contribution in [2.75, 3.05) is 7.05 Å².